The maximum Gasteiger partial charge on any atom is 0.459 e. The molecule has 0 radical (unpaired) electrons. The molecule has 1 fully saturated rings. The number of anilines is 1. The number of ether oxygens (including phenoxy) is 2. The van der Waals surface area contributed by atoms with E-state index in [4.69, 9.17) is 18.5 Å². The maximum absolute atomic E-state index is 13.7. The third-order valence-electron chi connectivity index (χ3n) is 5.66. The van der Waals surface area contributed by atoms with Crippen molar-refractivity contribution in [3.8, 4) is 5.75 Å². The molecule has 15 heteroatoms. The summed E-state index contributed by atoms with van der Waals surface area (Å²) < 4.78 is 37.3. The van der Waals surface area contributed by atoms with Crippen molar-refractivity contribution in [3.05, 3.63) is 48.9 Å². The van der Waals surface area contributed by atoms with Crippen molar-refractivity contribution in [2.24, 2.45) is 0 Å². The summed E-state index contributed by atoms with van der Waals surface area (Å²) in [5.41, 5.74) is 2.30. The fourth-order valence-corrected chi connectivity index (χ4v) is 5.37. The van der Waals surface area contributed by atoms with E-state index in [9.17, 15) is 24.8 Å². The van der Waals surface area contributed by atoms with Crippen molar-refractivity contribution in [3.63, 3.8) is 0 Å². The molecule has 1 saturated heterocycles. The molecule has 1 aromatic carbocycles. The van der Waals surface area contributed by atoms with Crippen molar-refractivity contribution < 1.29 is 43.3 Å². The number of hydrogen-bond donors (Lipinski definition) is 5. The molecule has 3 aromatic rings. The first kappa shape index (κ1) is 27.9. The fraction of sp³-hybridized carbons (Fsp3) is 0.435. The van der Waals surface area contributed by atoms with Crippen molar-refractivity contribution in [2.45, 2.75) is 57.5 Å². The lowest BCUT2D eigenvalue weighted by Crippen LogP contribution is -2.38. The topological polar surface area (TPSA) is 187 Å². The third-order valence-corrected chi connectivity index (χ3v) is 7.30. The molecule has 0 bridgehead atoms. The lowest BCUT2D eigenvalue weighted by Gasteiger charge is -2.25. The number of benzene rings is 1. The van der Waals surface area contributed by atoms with Crippen LogP contribution in [0.3, 0.4) is 0 Å². The standard InChI is InChI=1S/C23H30N5O9P/c1-13(2)35-23(31)14(3)27-38(33,37-15-7-5-4-6-8-15)34-11-17-18(29)19(30)22(36-17)28-10-9-16-20(26-32)24-12-25-21(16)28/h4-10,12-14,17-19,22,29-30,32H,11H2,1-3H3,(H,27,33)(H,24,25,26)/t14-,17-,18-,19-,22-,38?/m1/s1. The van der Waals surface area contributed by atoms with Crippen molar-refractivity contribution in [1.82, 2.24) is 19.6 Å². The predicted octanol–water partition coefficient (Wildman–Crippen LogP) is 1.98. The summed E-state index contributed by atoms with van der Waals surface area (Å²) in [6.07, 6.45) is -2.66. The molecule has 38 heavy (non-hydrogen) atoms. The van der Waals surface area contributed by atoms with Gasteiger partial charge in [0.05, 0.1) is 18.1 Å². The summed E-state index contributed by atoms with van der Waals surface area (Å²) in [5.74, 6) is -0.298. The fourth-order valence-electron chi connectivity index (χ4n) is 3.87. The lowest BCUT2D eigenvalue weighted by atomic mass is 10.1. The number of nitrogens with zero attached hydrogens (tertiary/aromatic N) is 3. The van der Waals surface area contributed by atoms with Crippen LogP contribution >= 0.6 is 7.75 Å². The molecule has 1 unspecified atom stereocenters. The highest BCUT2D eigenvalue weighted by Crippen LogP contribution is 2.46. The Morgan fingerprint density at radius 3 is 2.58 bits per heavy atom. The van der Waals surface area contributed by atoms with E-state index in [0.29, 0.717) is 11.0 Å². The number of rotatable bonds is 11. The highest BCUT2D eigenvalue weighted by molar-refractivity contribution is 7.52. The van der Waals surface area contributed by atoms with E-state index in [0.717, 1.165) is 0 Å². The van der Waals surface area contributed by atoms with Crippen LogP contribution < -0.4 is 15.1 Å². The average molecular weight is 551 g/mol. The number of carbonyl (C=O) groups excluding carboxylic acids is 1. The first-order chi connectivity index (χ1) is 18.1. The van der Waals surface area contributed by atoms with Crippen molar-refractivity contribution in [2.75, 3.05) is 12.1 Å². The zero-order valence-corrected chi connectivity index (χ0v) is 21.8. The second-order valence-electron chi connectivity index (χ2n) is 8.87. The molecule has 6 atom stereocenters. The monoisotopic (exact) mass is 551 g/mol. The molecule has 0 spiro atoms. The zero-order valence-electron chi connectivity index (χ0n) is 20.9. The minimum absolute atomic E-state index is 0.150. The van der Waals surface area contributed by atoms with Crippen molar-refractivity contribution in [1.29, 1.82) is 0 Å². The Kier molecular flexibility index (Phi) is 8.63. The molecule has 4 rings (SSSR count). The van der Waals surface area contributed by atoms with Crippen LogP contribution in [0.15, 0.2) is 48.9 Å². The van der Waals surface area contributed by atoms with E-state index >= 15 is 0 Å². The van der Waals surface area contributed by atoms with E-state index in [1.165, 1.54) is 17.8 Å². The summed E-state index contributed by atoms with van der Waals surface area (Å²) in [4.78, 5) is 20.4. The van der Waals surface area contributed by atoms with Crippen LogP contribution in [0.1, 0.15) is 27.0 Å². The van der Waals surface area contributed by atoms with Gasteiger partial charge in [0.1, 0.15) is 42.1 Å². The molecule has 5 N–H and O–H groups in total. The zero-order chi connectivity index (χ0) is 27.4. The molecule has 0 amide bonds. The minimum atomic E-state index is -4.21. The van der Waals surface area contributed by atoms with Crippen molar-refractivity contribution >= 4 is 30.6 Å². The molecule has 2 aromatic heterocycles. The highest BCUT2D eigenvalue weighted by atomic mass is 31.2. The van der Waals surface area contributed by atoms with Gasteiger partial charge in [0.2, 0.25) is 0 Å². The Labute approximate surface area is 218 Å². The van der Waals surface area contributed by atoms with Gasteiger partial charge in [-0.25, -0.2) is 14.5 Å². The lowest BCUT2D eigenvalue weighted by molar-refractivity contribution is -0.149. The summed E-state index contributed by atoms with van der Waals surface area (Å²) >= 11 is 0. The molecular formula is C23H30N5O9P. The molecule has 3 heterocycles. The second kappa shape index (κ2) is 11.7. The van der Waals surface area contributed by atoms with Crippen LogP contribution in [-0.4, -0.2) is 73.0 Å². The Bertz CT molecular complexity index is 1290. The predicted molar refractivity (Wildman–Crippen MR) is 133 cm³/mol. The number of aliphatic hydroxyl groups excluding tert-OH is 2. The number of para-hydroxylation sites is 1. The summed E-state index contributed by atoms with van der Waals surface area (Å²) in [6, 6.07) is 8.75. The summed E-state index contributed by atoms with van der Waals surface area (Å²) in [5, 5.41) is 33.7. The van der Waals surface area contributed by atoms with Gasteiger partial charge < -0.3 is 28.8 Å². The van der Waals surface area contributed by atoms with Gasteiger partial charge in [-0.2, -0.15) is 5.09 Å². The van der Waals surface area contributed by atoms with Crippen LogP contribution in [0.2, 0.25) is 0 Å². The van der Waals surface area contributed by atoms with Crippen LogP contribution in [0.5, 0.6) is 5.75 Å². The summed E-state index contributed by atoms with van der Waals surface area (Å²) in [7, 11) is -4.21. The van der Waals surface area contributed by atoms with Crippen LogP contribution in [0, 0.1) is 0 Å². The van der Waals surface area contributed by atoms with Gasteiger partial charge >= 0.3 is 13.7 Å². The maximum atomic E-state index is 13.7. The quantitative estimate of drug-likeness (QED) is 0.132. The van der Waals surface area contributed by atoms with Gasteiger partial charge in [0.25, 0.3) is 0 Å². The second-order valence-corrected chi connectivity index (χ2v) is 10.6. The number of fused-ring (bicyclic) bond motifs is 1. The number of carbonyl (C=O) groups is 1. The normalized spacial score (nSPS) is 23.8. The van der Waals surface area contributed by atoms with Gasteiger partial charge in [0, 0.05) is 6.20 Å². The number of nitrogens with one attached hydrogen (secondary N) is 2. The molecule has 206 valence electrons. The Morgan fingerprint density at radius 2 is 1.89 bits per heavy atom. The highest BCUT2D eigenvalue weighted by Gasteiger charge is 2.46. The molecule has 0 aliphatic carbocycles. The van der Waals surface area contributed by atoms with Gasteiger partial charge in [0.15, 0.2) is 12.0 Å². The number of hydrogen-bond acceptors (Lipinski definition) is 12. The van der Waals surface area contributed by atoms with Gasteiger partial charge in [-0.05, 0) is 39.0 Å². The van der Waals surface area contributed by atoms with E-state index < -0.39 is 50.9 Å². The van der Waals surface area contributed by atoms with Crippen LogP contribution in [0.4, 0.5) is 5.82 Å². The number of esters is 1. The molecule has 0 saturated carbocycles. The molecule has 14 nitrogen and oxygen atoms in total. The molecule has 1 aliphatic rings. The SMILES string of the molecule is CC(C)OC(=O)[C@@H](C)NP(=O)(OC[C@H]1O[C@@H](n2ccc3c(NO)ncnc32)[C@H](O)[C@@H]1O)Oc1ccccc1. The van der Waals surface area contributed by atoms with E-state index in [2.05, 4.69) is 15.1 Å². The van der Waals surface area contributed by atoms with Crippen LogP contribution in [0.25, 0.3) is 11.0 Å². The summed E-state index contributed by atoms with van der Waals surface area (Å²) in [6.45, 7) is 4.35. The number of aromatic nitrogens is 3. The minimum Gasteiger partial charge on any atom is -0.462 e. The average Bonchev–Trinajstić information content (AvgIpc) is 3.43. The van der Waals surface area contributed by atoms with E-state index in [-0.39, 0.29) is 17.7 Å². The Morgan fingerprint density at radius 1 is 1.16 bits per heavy atom. The van der Waals surface area contributed by atoms with Crippen LogP contribution in [-0.2, 0) is 23.4 Å². The third kappa shape index (κ3) is 6.13. The molecular weight excluding hydrogens is 521 g/mol. The Balaban J connectivity index is 1.50. The number of aliphatic hydroxyl groups is 2. The first-order valence-electron chi connectivity index (χ1n) is 11.8. The smallest absolute Gasteiger partial charge is 0.459 e. The first-order valence-corrected chi connectivity index (χ1v) is 13.4. The molecule has 1 aliphatic heterocycles. The van der Waals surface area contributed by atoms with E-state index in [1.807, 2.05) is 5.48 Å². The van der Waals surface area contributed by atoms with Gasteiger partial charge in [-0.3, -0.25) is 20.0 Å². The van der Waals surface area contributed by atoms with Gasteiger partial charge in [-0.15, -0.1) is 0 Å². The van der Waals surface area contributed by atoms with E-state index in [1.54, 1.807) is 56.4 Å². The Hall–Kier alpha value is -3.10. The largest absolute Gasteiger partial charge is 0.462 e. The van der Waals surface area contributed by atoms with Gasteiger partial charge in [-0.1, -0.05) is 18.2 Å².